The lowest BCUT2D eigenvalue weighted by molar-refractivity contribution is 0.554. The van der Waals surface area contributed by atoms with E-state index in [1.807, 2.05) is 6.92 Å². The molecule has 0 fully saturated rings. The average Bonchev–Trinajstić information content (AvgIpc) is 2.45. The summed E-state index contributed by atoms with van der Waals surface area (Å²) in [5, 5.41) is 3.61. The third kappa shape index (κ3) is 3.94. The van der Waals surface area contributed by atoms with Crippen molar-refractivity contribution in [1.82, 2.24) is 5.32 Å². The zero-order valence-corrected chi connectivity index (χ0v) is 13.0. The van der Waals surface area contributed by atoms with E-state index in [2.05, 4.69) is 5.32 Å². The fourth-order valence-corrected chi connectivity index (χ4v) is 2.86. The summed E-state index contributed by atoms with van der Waals surface area (Å²) in [6, 6.07) is 9.10. The predicted octanol–water partition coefficient (Wildman–Crippen LogP) is 5.16. The molecule has 2 aromatic rings. The highest BCUT2D eigenvalue weighted by Crippen LogP contribution is 2.32. The van der Waals surface area contributed by atoms with E-state index < -0.39 is 5.82 Å². The van der Waals surface area contributed by atoms with Crippen molar-refractivity contribution in [1.29, 1.82) is 0 Å². The van der Waals surface area contributed by atoms with Gasteiger partial charge in [0.2, 0.25) is 0 Å². The van der Waals surface area contributed by atoms with Crippen LogP contribution in [0.4, 0.5) is 8.78 Å². The van der Waals surface area contributed by atoms with Gasteiger partial charge in [-0.2, -0.15) is 0 Å². The van der Waals surface area contributed by atoms with Crippen LogP contribution in [-0.4, -0.2) is 6.54 Å². The molecule has 21 heavy (non-hydrogen) atoms. The van der Waals surface area contributed by atoms with E-state index in [0.717, 1.165) is 0 Å². The normalized spacial score (nSPS) is 12.4. The molecule has 0 saturated carbocycles. The van der Waals surface area contributed by atoms with Crippen molar-refractivity contribution < 1.29 is 8.78 Å². The minimum Gasteiger partial charge on any atom is -0.310 e. The zero-order valence-electron chi connectivity index (χ0n) is 11.5. The quantitative estimate of drug-likeness (QED) is 0.746. The van der Waals surface area contributed by atoms with Gasteiger partial charge < -0.3 is 5.32 Å². The molecule has 0 aromatic heterocycles. The number of nitrogens with one attached hydrogen (secondary N) is 1. The van der Waals surface area contributed by atoms with Gasteiger partial charge in [0.05, 0.1) is 5.02 Å². The molecule has 1 nitrogen and oxygen atoms in total. The summed E-state index contributed by atoms with van der Waals surface area (Å²) in [4.78, 5) is 0. The second-order valence-electron chi connectivity index (χ2n) is 4.77. The first kappa shape index (κ1) is 16.2. The van der Waals surface area contributed by atoms with Gasteiger partial charge in [0.25, 0.3) is 0 Å². The van der Waals surface area contributed by atoms with Crippen molar-refractivity contribution in [3.8, 4) is 0 Å². The SMILES string of the molecule is CC(NCCc1ccccc1F)c1c(Cl)ccc(F)c1Cl. The second-order valence-corrected chi connectivity index (χ2v) is 5.56. The summed E-state index contributed by atoms with van der Waals surface area (Å²) in [6.45, 7) is 2.37. The largest absolute Gasteiger partial charge is 0.310 e. The predicted molar refractivity (Wildman–Crippen MR) is 82.9 cm³/mol. The molecule has 0 saturated heterocycles. The lowest BCUT2D eigenvalue weighted by Crippen LogP contribution is -2.22. The van der Waals surface area contributed by atoms with Crippen molar-refractivity contribution in [2.24, 2.45) is 0 Å². The summed E-state index contributed by atoms with van der Waals surface area (Å²) in [7, 11) is 0. The smallest absolute Gasteiger partial charge is 0.142 e. The van der Waals surface area contributed by atoms with Crippen molar-refractivity contribution in [2.75, 3.05) is 6.54 Å². The summed E-state index contributed by atoms with van der Waals surface area (Å²) in [5.41, 5.74) is 1.15. The van der Waals surface area contributed by atoms with E-state index >= 15 is 0 Å². The molecule has 0 aliphatic carbocycles. The van der Waals surface area contributed by atoms with Crippen LogP contribution in [0.1, 0.15) is 24.1 Å². The fourth-order valence-electron chi connectivity index (χ4n) is 2.17. The molecule has 2 aromatic carbocycles. The molecule has 1 N–H and O–H groups in total. The van der Waals surface area contributed by atoms with Crippen LogP contribution in [-0.2, 0) is 6.42 Å². The Balaban J connectivity index is 2.01. The van der Waals surface area contributed by atoms with Gasteiger partial charge in [-0.15, -0.1) is 0 Å². The maximum atomic E-state index is 13.5. The molecule has 0 amide bonds. The Kier molecular flexibility index (Phi) is 5.57. The first-order valence-corrected chi connectivity index (χ1v) is 7.36. The van der Waals surface area contributed by atoms with E-state index in [0.29, 0.717) is 29.1 Å². The van der Waals surface area contributed by atoms with E-state index in [-0.39, 0.29) is 16.9 Å². The first-order valence-electron chi connectivity index (χ1n) is 6.61. The number of hydrogen-bond donors (Lipinski definition) is 1. The number of rotatable bonds is 5. The standard InChI is InChI=1S/C16H15Cl2F2N/c1-10(15-12(17)6-7-14(20)16(15)18)21-9-8-11-4-2-3-5-13(11)19/h2-7,10,21H,8-9H2,1H3. The summed E-state index contributed by atoms with van der Waals surface area (Å²) >= 11 is 12.0. The highest BCUT2D eigenvalue weighted by atomic mass is 35.5. The first-order chi connectivity index (χ1) is 10.0. The van der Waals surface area contributed by atoms with Gasteiger partial charge in [0.1, 0.15) is 11.6 Å². The maximum absolute atomic E-state index is 13.5. The number of halogens is 4. The second kappa shape index (κ2) is 7.21. The molecule has 0 aliphatic heterocycles. The van der Waals surface area contributed by atoms with Crippen LogP contribution in [0.25, 0.3) is 0 Å². The van der Waals surface area contributed by atoms with Crippen LogP contribution >= 0.6 is 23.2 Å². The van der Waals surface area contributed by atoms with Gasteiger partial charge in [-0.1, -0.05) is 41.4 Å². The Bertz CT molecular complexity index is 632. The van der Waals surface area contributed by atoms with Gasteiger partial charge >= 0.3 is 0 Å². The fraction of sp³-hybridized carbons (Fsp3) is 0.250. The molecule has 5 heteroatoms. The molecular weight excluding hydrogens is 315 g/mol. The minimum absolute atomic E-state index is 0.0217. The van der Waals surface area contributed by atoms with Crippen LogP contribution < -0.4 is 5.32 Å². The lowest BCUT2D eigenvalue weighted by Gasteiger charge is -2.17. The van der Waals surface area contributed by atoms with E-state index in [9.17, 15) is 8.78 Å². The van der Waals surface area contributed by atoms with Gasteiger partial charge in [0, 0.05) is 16.6 Å². The number of benzene rings is 2. The Labute approximate surface area is 132 Å². The van der Waals surface area contributed by atoms with Crippen molar-refractivity contribution in [2.45, 2.75) is 19.4 Å². The van der Waals surface area contributed by atoms with Gasteiger partial charge in [0.15, 0.2) is 0 Å². The minimum atomic E-state index is -0.501. The summed E-state index contributed by atoms with van der Waals surface area (Å²) in [5.74, 6) is -0.729. The topological polar surface area (TPSA) is 12.0 Å². The van der Waals surface area contributed by atoms with E-state index in [4.69, 9.17) is 23.2 Å². The Hall–Kier alpha value is -1.16. The molecule has 0 bridgehead atoms. The monoisotopic (exact) mass is 329 g/mol. The summed E-state index contributed by atoms with van der Waals surface area (Å²) in [6.07, 6.45) is 0.529. The van der Waals surface area contributed by atoms with Crippen LogP contribution in [0.2, 0.25) is 10.0 Å². The van der Waals surface area contributed by atoms with Gasteiger partial charge in [-0.05, 0) is 43.7 Å². The molecule has 1 atom stereocenters. The molecule has 0 radical (unpaired) electrons. The highest BCUT2D eigenvalue weighted by molar-refractivity contribution is 6.36. The third-order valence-corrected chi connectivity index (χ3v) is 4.03. The molecule has 112 valence electrons. The van der Waals surface area contributed by atoms with Crippen LogP contribution in [0, 0.1) is 11.6 Å². The Morgan fingerprint density at radius 2 is 1.76 bits per heavy atom. The maximum Gasteiger partial charge on any atom is 0.142 e. The van der Waals surface area contributed by atoms with Crippen molar-refractivity contribution in [3.63, 3.8) is 0 Å². The van der Waals surface area contributed by atoms with Gasteiger partial charge in [-0.25, -0.2) is 8.78 Å². The van der Waals surface area contributed by atoms with E-state index in [1.165, 1.54) is 18.2 Å². The van der Waals surface area contributed by atoms with Gasteiger partial charge in [-0.3, -0.25) is 0 Å². The van der Waals surface area contributed by atoms with Crippen molar-refractivity contribution >= 4 is 23.2 Å². The summed E-state index contributed by atoms with van der Waals surface area (Å²) < 4.78 is 27.0. The molecule has 0 spiro atoms. The highest BCUT2D eigenvalue weighted by Gasteiger charge is 2.16. The average molecular weight is 330 g/mol. The molecule has 2 rings (SSSR count). The number of hydrogen-bond acceptors (Lipinski definition) is 1. The van der Waals surface area contributed by atoms with Crippen molar-refractivity contribution in [3.05, 3.63) is 69.2 Å². The van der Waals surface area contributed by atoms with Crippen LogP contribution in [0.3, 0.4) is 0 Å². The van der Waals surface area contributed by atoms with Crippen LogP contribution in [0.5, 0.6) is 0 Å². The molecule has 0 heterocycles. The lowest BCUT2D eigenvalue weighted by atomic mass is 10.1. The van der Waals surface area contributed by atoms with Crippen LogP contribution in [0.15, 0.2) is 36.4 Å². The Morgan fingerprint density at radius 3 is 2.48 bits per heavy atom. The molecular formula is C16H15Cl2F2N. The zero-order chi connectivity index (χ0) is 15.4. The molecule has 0 aliphatic rings. The third-order valence-electron chi connectivity index (χ3n) is 3.32. The molecule has 1 unspecified atom stereocenters. The van der Waals surface area contributed by atoms with E-state index in [1.54, 1.807) is 18.2 Å². The Morgan fingerprint density at radius 1 is 1.05 bits per heavy atom.